The second-order valence-corrected chi connectivity index (χ2v) is 7.64. The Morgan fingerprint density at radius 2 is 1.71 bits per heavy atom. The fourth-order valence-electron chi connectivity index (χ4n) is 3.74. The van der Waals surface area contributed by atoms with E-state index < -0.39 is 11.7 Å². The average Bonchev–Trinajstić information content (AvgIpc) is 3.23. The number of nitrogens with one attached hydrogen (secondary N) is 1. The van der Waals surface area contributed by atoms with Gasteiger partial charge >= 0.3 is 6.18 Å². The molecule has 1 amide bonds. The Morgan fingerprint density at radius 3 is 2.35 bits per heavy atom. The van der Waals surface area contributed by atoms with Gasteiger partial charge in [0.05, 0.1) is 12.0 Å². The van der Waals surface area contributed by atoms with E-state index in [1.54, 1.807) is 0 Å². The molecule has 0 spiro atoms. The topological polar surface area (TPSA) is 45.2 Å². The molecule has 0 bridgehead atoms. The normalized spacial score (nSPS) is 16.4. The maximum atomic E-state index is 12.7. The summed E-state index contributed by atoms with van der Waals surface area (Å²) < 4.78 is 38.1. The number of hydrogen-bond acceptors (Lipinski definition) is 3. The van der Waals surface area contributed by atoms with Crippen molar-refractivity contribution in [2.24, 2.45) is 0 Å². The molecule has 2 aromatic carbocycles. The van der Waals surface area contributed by atoms with E-state index in [4.69, 9.17) is 0 Å². The number of nitrogens with zero attached hydrogens (tertiary/aromatic N) is 2. The van der Waals surface area contributed by atoms with Crippen molar-refractivity contribution in [3.05, 3.63) is 84.1 Å². The lowest BCUT2D eigenvalue weighted by molar-refractivity contribution is -0.137. The Morgan fingerprint density at radius 1 is 1.00 bits per heavy atom. The third-order valence-electron chi connectivity index (χ3n) is 5.38. The molecule has 4 nitrogen and oxygen atoms in total. The maximum absolute atomic E-state index is 12.7. The van der Waals surface area contributed by atoms with Crippen LogP contribution < -0.4 is 10.2 Å². The van der Waals surface area contributed by atoms with Crippen molar-refractivity contribution in [3.63, 3.8) is 0 Å². The number of carbonyl (C=O) groups is 1. The Bertz CT molecular complexity index is 1020. The molecule has 1 atom stereocenters. The number of amides is 1. The number of hydrogen-bond donors (Lipinski definition) is 1. The number of halogens is 3. The first-order chi connectivity index (χ1) is 14.9. The quantitative estimate of drug-likeness (QED) is 0.644. The Hall–Kier alpha value is -3.35. The number of rotatable bonds is 5. The molecule has 1 aliphatic heterocycles. The third-order valence-corrected chi connectivity index (χ3v) is 5.38. The molecule has 7 heteroatoms. The van der Waals surface area contributed by atoms with Gasteiger partial charge < -0.3 is 10.2 Å². The van der Waals surface area contributed by atoms with Crippen LogP contribution in [0.25, 0.3) is 11.1 Å². The van der Waals surface area contributed by atoms with Crippen LogP contribution in [0.5, 0.6) is 0 Å². The lowest BCUT2D eigenvalue weighted by Crippen LogP contribution is -2.38. The summed E-state index contributed by atoms with van der Waals surface area (Å²) in [5.74, 6) is 0.418. The van der Waals surface area contributed by atoms with Crippen molar-refractivity contribution in [3.8, 4) is 11.1 Å². The van der Waals surface area contributed by atoms with E-state index in [-0.39, 0.29) is 18.4 Å². The number of anilines is 1. The molecule has 0 aliphatic carbocycles. The molecule has 160 valence electrons. The van der Waals surface area contributed by atoms with Gasteiger partial charge in [-0.3, -0.25) is 4.79 Å². The molecule has 1 aromatic heterocycles. The molecule has 2 heterocycles. The summed E-state index contributed by atoms with van der Waals surface area (Å²) >= 11 is 0. The second kappa shape index (κ2) is 8.79. The molecule has 1 N–H and O–H groups in total. The van der Waals surface area contributed by atoms with E-state index in [9.17, 15) is 18.0 Å². The van der Waals surface area contributed by atoms with Crippen LogP contribution in [0, 0.1) is 0 Å². The highest BCUT2D eigenvalue weighted by Crippen LogP contribution is 2.30. The van der Waals surface area contributed by atoms with Gasteiger partial charge in [0.2, 0.25) is 5.91 Å². The van der Waals surface area contributed by atoms with Crippen LogP contribution in [0.4, 0.5) is 19.0 Å². The summed E-state index contributed by atoms with van der Waals surface area (Å²) in [6.45, 7) is 1.16. The maximum Gasteiger partial charge on any atom is 0.417 e. The van der Waals surface area contributed by atoms with E-state index in [0.717, 1.165) is 35.4 Å². The van der Waals surface area contributed by atoms with Crippen LogP contribution in [0.2, 0.25) is 0 Å². The molecule has 0 radical (unpaired) electrons. The van der Waals surface area contributed by atoms with Gasteiger partial charge in [-0.25, -0.2) is 4.98 Å². The molecule has 1 unspecified atom stereocenters. The summed E-state index contributed by atoms with van der Waals surface area (Å²) in [6.07, 6.45) is -2.54. The predicted octanol–water partition coefficient (Wildman–Crippen LogP) is 4.71. The van der Waals surface area contributed by atoms with Crippen LogP contribution in [0.3, 0.4) is 0 Å². The van der Waals surface area contributed by atoms with E-state index in [1.165, 1.54) is 6.07 Å². The number of alkyl halides is 3. The van der Waals surface area contributed by atoms with Gasteiger partial charge in [-0.1, -0.05) is 54.6 Å². The number of pyridine rings is 1. The standard InChI is InChI=1S/C24H22F3N3O/c25-24(26,27)20-10-11-22(28-15-20)30-13-12-21(16-30)29-23(31)14-17-6-8-19(9-7-17)18-4-2-1-3-5-18/h1-11,15,21H,12-14,16H2,(H,29,31). The average molecular weight is 425 g/mol. The zero-order chi connectivity index (χ0) is 21.8. The van der Waals surface area contributed by atoms with Gasteiger partial charge in [-0.2, -0.15) is 13.2 Å². The van der Waals surface area contributed by atoms with Crippen LogP contribution in [0.1, 0.15) is 17.5 Å². The first-order valence-electron chi connectivity index (χ1n) is 10.1. The molecular formula is C24H22F3N3O. The molecular weight excluding hydrogens is 403 g/mol. The monoisotopic (exact) mass is 425 g/mol. The van der Waals surface area contributed by atoms with E-state index in [1.807, 2.05) is 59.5 Å². The lowest BCUT2D eigenvalue weighted by atomic mass is 10.0. The Kier molecular flexibility index (Phi) is 5.93. The summed E-state index contributed by atoms with van der Waals surface area (Å²) in [5, 5.41) is 3.02. The first-order valence-corrected chi connectivity index (χ1v) is 10.1. The number of carbonyl (C=O) groups excluding carboxylic acids is 1. The summed E-state index contributed by atoms with van der Waals surface area (Å²) in [4.78, 5) is 18.3. The minimum Gasteiger partial charge on any atom is -0.354 e. The fraction of sp³-hybridized carbons (Fsp3) is 0.250. The van der Waals surface area contributed by atoms with Gasteiger partial charge in [-0.05, 0) is 35.2 Å². The minimum atomic E-state index is -4.40. The molecule has 4 rings (SSSR count). The minimum absolute atomic E-state index is 0.0554. The van der Waals surface area contributed by atoms with E-state index >= 15 is 0 Å². The molecule has 1 saturated heterocycles. The molecule has 0 saturated carbocycles. The SMILES string of the molecule is O=C(Cc1ccc(-c2ccccc2)cc1)NC1CCN(c2ccc(C(F)(F)F)cn2)C1. The molecule has 1 aliphatic rings. The van der Waals surface area contributed by atoms with Crippen molar-refractivity contribution in [1.82, 2.24) is 10.3 Å². The highest BCUT2D eigenvalue weighted by atomic mass is 19.4. The summed E-state index contributed by atoms with van der Waals surface area (Å²) in [6, 6.07) is 20.3. The fourth-order valence-corrected chi connectivity index (χ4v) is 3.74. The summed E-state index contributed by atoms with van der Waals surface area (Å²) in [7, 11) is 0. The smallest absolute Gasteiger partial charge is 0.354 e. The van der Waals surface area contributed by atoms with Gasteiger partial charge in [0.25, 0.3) is 0 Å². The van der Waals surface area contributed by atoms with E-state index in [2.05, 4.69) is 10.3 Å². The summed E-state index contributed by atoms with van der Waals surface area (Å²) in [5.41, 5.74) is 2.39. The van der Waals surface area contributed by atoms with Gasteiger partial charge in [-0.15, -0.1) is 0 Å². The van der Waals surface area contributed by atoms with Crippen molar-refractivity contribution < 1.29 is 18.0 Å². The van der Waals surface area contributed by atoms with Crippen molar-refractivity contribution in [2.75, 3.05) is 18.0 Å². The first kappa shape index (κ1) is 20.9. The van der Waals surface area contributed by atoms with Gasteiger partial charge in [0, 0.05) is 25.3 Å². The van der Waals surface area contributed by atoms with Crippen molar-refractivity contribution in [2.45, 2.75) is 25.1 Å². The zero-order valence-electron chi connectivity index (χ0n) is 16.8. The largest absolute Gasteiger partial charge is 0.417 e. The van der Waals surface area contributed by atoms with Crippen molar-refractivity contribution >= 4 is 11.7 Å². The van der Waals surface area contributed by atoms with Crippen molar-refractivity contribution in [1.29, 1.82) is 0 Å². The number of aromatic nitrogens is 1. The van der Waals surface area contributed by atoms with Crippen LogP contribution in [-0.2, 0) is 17.4 Å². The van der Waals surface area contributed by atoms with E-state index in [0.29, 0.717) is 18.9 Å². The van der Waals surface area contributed by atoms with Gasteiger partial charge in [0.1, 0.15) is 5.82 Å². The Labute approximate surface area is 178 Å². The highest BCUT2D eigenvalue weighted by molar-refractivity contribution is 5.79. The highest BCUT2D eigenvalue weighted by Gasteiger charge is 2.31. The second-order valence-electron chi connectivity index (χ2n) is 7.64. The third kappa shape index (κ3) is 5.23. The van der Waals surface area contributed by atoms with Crippen LogP contribution in [-0.4, -0.2) is 30.0 Å². The van der Waals surface area contributed by atoms with Crippen LogP contribution >= 0.6 is 0 Å². The Balaban J connectivity index is 1.30. The lowest BCUT2D eigenvalue weighted by Gasteiger charge is -2.18. The molecule has 3 aromatic rings. The van der Waals surface area contributed by atoms with Crippen LogP contribution in [0.15, 0.2) is 72.9 Å². The molecule has 31 heavy (non-hydrogen) atoms. The number of benzene rings is 2. The zero-order valence-corrected chi connectivity index (χ0v) is 16.8. The van der Waals surface area contributed by atoms with Gasteiger partial charge in [0.15, 0.2) is 0 Å². The predicted molar refractivity (Wildman–Crippen MR) is 114 cm³/mol. The molecule has 1 fully saturated rings.